The van der Waals surface area contributed by atoms with Crippen molar-refractivity contribution in [3.05, 3.63) is 0 Å². The molecule has 7 atom stereocenters. The fraction of sp³-hybridized carbons (Fsp3) is 0.857. The van der Waals surface area contributed by atoms with Crippen LogP contribution in [0.4, 0.5) is 0 Å². The first kappa shape index (κ1) is 16.5. The van der Waals surface area contributed by atoms with Crippen molar-refractivity contribution >= 4 is 5.71 Å². The molecule has 0 saturated heterocycles. The van der Waals surface area contributed by atoms with E-state index in [1.165, 1.54) is 25.7 Å². The molecule has 2 N–H and O–H groups in total. The number of rotatable bonds is 0. The molecule has 4 aliphatic rings. The molecule has 0 amide bonds. The van der Waals surface area contributed by atoms with Gasteiger partial charge in [0.2, 0.25) is 0 Å². The number of hydrogen-bond acceptors (Lipinski definition) is 3. The third-order valence-corrected chi connectivity index (χ3v) is 8.86. The normalized spacial score (nSPS) is 55.3. The van der Waals surface area contributed by atoms with Crippen molar-refractivity contribution in [1.29, 1.82) is 0 Å². The van der Waals surface area contributed by atoms with Crippen molar-refractivity contribution in [3.63, 3.8) is 0 Å². The summed E-state index contributed by atoms with van der Waals surface area (Å²) in [6, 6.07) is 0. The van der Waals surface area contributed by atoms with E-state index in [-0.39, 0.29) is 5.41 Å². The summed E-state index contributed by atoms with van der Waals surface area (Å²) in [6.07, 6.45) is 15.2. The summed E-state index contributed by atoms with van der Waals surface area (Å²) in [4.78, 5) is 0. The molecule has 4 fully saturated rings. The SMILES string of the molecule is C#C[C@@]1(O)CC[C@@]2(C)C(CC[C@@H]3[C@@H]2CC[C@]2(C)C(=NO)CC[C@@H]32)C1. The number of oxime groups is 1. The predicted octanol–water partition coefficient (Wildman–Crippen LogP) is 4.22. The Hall–Kier alpha value is -1.01. The summed E-state index contributed by atoms with van der Waals surface area (Å²) in [5.41, 5.74) is 0.618. The van der Waals surface area contributed by atoms with E-state index in [2.05, 4.69) is 24.9 Å². The Morgan fingerprint density at radius 1 is 1.08 bits per heavy atom. The van der Waals surface area contributed by atoms with E-state index in [9.17, 15) is 10.3 Å². The van der Waals surface area contributed by atoms with Gasteiger partial charge in [0.25, 0.3) is 0 Å². The Balaban J connectivity index is 1.62. The van der Waals surface area contributed by atoms with Crippen LogP contribution in [0, 0.1) is 46.8 Å². The van der Waals surface area contributed by atoms with Gasteiger partial charge in [-0.3, -0.25) is 0 Å². The minimum atomic E-state index is -0.871. The summed E-state index contributed by atoms with van der Waals surface area (Å²) in [7, 11) is 0. The van der Waals surface area contributed by atoms with Crippen LogP contribution in [-0.2, 0) is 0 Å². The molecule has 0 aromatic carbocycles. The number of fused-ring (bicyclic) bond motifs is 5. The molecule has 4 saturated carbocycles. The van der Waals surface area contributed by atoms with Gasteiger partial charge in [-0.15, -0.1) is 6.42 Å². The molecule has 0 heterocycles. The lowest BCUT2D eigenvalue weighted by Crippen LogP contribution is -2.55. The van der Waals surface area contributed by atoms with Crippen molar-refractivity contribution < 1.29 is 10.3 Å². The highest BCUT2D eigenvalue weighted by molar-refractivity contribution is 5.91. The fourth-order valence-corrected chi connectivity index (χ4v) is 7.33. The zero-order valence-electron chi connectivity index (χ0n) is 15.1. The molecular weight excluding hydrogens is 298 g/mol. The van der Waals surface area contributed by atoms with Gasteiger partial charge >= 0.3 is 0 Å². The van der Waals surface area contributed by atoms with Crippen LogP contribution in [-0.4, -0.2) is 21.6 Å². The number of terminal acetylenes is 1. The summed E-state index contributed by atoms with van der Waals surface area (Å²) in [6.45, 7) is 4.81. The Bertz CT molecular complexity index is 607. The molecule has 24 heavy (non-hydrogen) atoms. The number of aliphatic hydroxyl groups is 1. The van der Waals surface area contributed by atoms with Crippen molar-refractivity contribution in [2.45, 2.75) is 77.2 Å². The van der Waals surface area contributed by atoms with Gasteiger partial charge in [0.15, 0.2) is 0 Å². The Morgan fingerprint density at radius 2 is 1.88 bits per heavy atom. The zero-order valence-corrected chi connectivity index (χ0v) is 15.1. The molecule has 3 heteroatoms. The van der Waals surface area contributed by atoms with Gasteiger partial charge in [-0.2, -0.15) is 0 Å². The van der Waals surface area contributed by atoms with Gasteiger partial charge in [-0.05, 0) is 86.9 Å². The van der Waals surface area contributed by atoms with Crippen LogP contribution in [0.5, 0.6) is 0 Å². The molecule has 4 rings (SSSR count). The highest BCUT2D eigenvalue weighted by Gasteiger charge is 2.60. The van der Waals surface area contributed by atoms with Gasteiger partial charge in [0, 0.05) is 5.41 Å². The quantitative estimate of drug-likeness (QED) is 0.397. The van der Waals surface area contributed by atoms with Gasteiger partial charge in [-0.1, -0.05) is 24.9 Å². The van der Waals surface area contributed by atoms with Gasteiger partial charge in [0.1, 0.15) is 5.60 Å². The molecular formula is C21H31NO2. The van der Waals surface area contributed by atoms with E-state index in [1.54, 1.807) is 0 Å². The summed E-state index contributed by atoms with van der Waals surface area (Å²) < 4.78 is 0. The van der Waals surface area contributed by atoms with Gasteiger partial charge in [0.05, 0.1) is 5.71 Å². The average Bonchev–Trinajstić information content (AvgIpc) is 2.92. The minimum Gasteiger partial charge on any atom is -0.411 e. The van der Waals surface area contributed by atoms with Crippen molar-refractivity contribution in [3.8, 4) is 12.3 Å². The van der Waals surface area contributed by atoms with Crippen molar-refractivity contribution in [2.75, 3.05) is 0 Å². The molecule has 3 nitrogen and oxygen atoms in total. The lowest BCUT2D eigenvalue weighted by Gasteiger charge is -2.61. The molecule has 0 bridgehead atoms. The monoisotopic (exact) mass is 329 g/mol. The smallest absolute Gasteiger partial charge is 0.125 e. The van der Waals surface area contributed by atoms with Crippen LogP contribution in [0.25, 0.3) is 0 Å². The molecule has 0 aromatic heterocycles. The van der Waals surface area contributed by atoms with Crippen molar-refractivity contribution in [1.82, 2.24) is 0 Å². The molecule has 0 aliphatic heterocycles. The van der Waals surface area contributed by atoms with Crippen LogP contribution in [0.1, 0.15) is 71.6 Å². The third-order valence-electron chi connectivity index (χ3n) is 8.86. The predicted molar refractivity (Wildman–Crippen MR) is 94.7 cm³/mol. The molecule has 4 aliphatic carbocycles. The summed E-state index contributed by atoms with van der Waals surface area (Å²) in [5.74, 6) is 5.40. The fourth-order valence-electron chi connectivity index (χ4n) is 7.33. The number of hydrogen-bond donors (Lipinski definition) is 2. The lowest BCUT2D eigenvalue weighted by molar-refractivity contribution is -0.127. The molecule has 0 spiro atoms. The highest BCUT2D eigenvalue weighted by Crippen LogP contribution is 2.66. The van der Waals surface area contributed by atoms with Gasteiger partial charge in [-0.25, -0.2) is 0 Å². The van der Waals surface area contributed by atoms with E-state index in [0.29, 0.717) is 17.3 Å². The molecule has 132 valence electrons. The highest BCUT2D eigenvalue weighted by atomic mass is 16.4. The Kier molecular flexibility index (Phi) is 3.59. The van der Waals surface area contributed by atoms with Crippen LogP contribution in [0.15, 0.2) is 5.16 Å². The maximum Gasteiger partial charge on any atom is 0.125 e. The number of nitrogens with zero attached hydrogens (tertiary/aromatic N) is 1. The van der Waals surface area contributed by atoms with E-state index in [4.69, 9.17) is 6.42 Å². The van der Waals surface area contributed by atoms with Crippen LogP contribution in [0.3, 0.4) is 0 Å². The third kappa shape index (κ3) is 2.05. The van der Waals surface area contributed by atoms with E-state index in [0.717, 1.165) is 49.7 Å². The van der Waals surface area contributed by atoms with Crippen LogP contribution >= 0.6 is 0 Å². The maximum absolute atomic E-state index is 10.6. The minimum absolute atomic E-state index is 0.118. The molecule has 0 radical (unpaired) electrons. The molecule has 0 aromatic rings. The lowest BCUT2D eigenvalue weighted by atomic mass is 9.44. The molecule has 1 unspecified atom stereocenters. The van der Waals surface area contributed by atoms with E-state index >= 15 is 0 Å². The van der Waals surface area contributed by atoms with E-state index in [1.807, 2.05) is 0 Å². The largest absolute Gasteiger partial charge is 0.411 e. The zero-order chi connectivity index (χ0) is 17.2. The first-order valence-corrected chi connectivity index (χ1v) is 9.78. The maximum atomic E-state index is 10.6. The first-order chi connectivity index (χ1) is 11.4. The summed E-state index contributed by atoms with van der Waals surface area (Å²) >= 11 is 0. The average molecular weight is 329 g/mol. The first-order valence-electron chi connectivity index (χ1n) is 9.78. The standard InChI is InChI=1S/C21H31NO2/c1-4-21(23)12-11-19(2)14(13-21)5-6-15-16-7-8-18(22-24)20(16,3)10-9-17(15)19/h1,14-17,23-24H,5-13H2,2-3H3/t14?,15-,16-,17-,19-,20-,21+/m0/s1. The summed E-state index contributed by atoms with van der Waals surface area (Å²) in [5, 5.41) is 23.7. The Morgan fingerprint density at radius 3 is 2.58 bits per heavy atom. The second-order valence-corrected chi connectivity index (χ2v) is 9.58. The van der Waals surface area contributed by atoms with Crippen LogP contribution in [0.2, 0.25) is 0 Å². The Labute approximate surface area is 145 Å². The van der Waals surface area contributed by atoms with Crippen LogP contribution < -0.4 is 0 Å². The van der Waals surface area contributed by atoms with Gasteiger partial charge < -0.3 is 10.3 Å². The van der Waals surface area contributed by atoms with E-state index < -0.39 is 5.60 Å². The van der Waals surface area contributed by atoms with Crippen molar-refractivity contribution in [2.24, 2.45) is 39.7 Å². The topological polar surface area (TPSA) is 52.8 Å². The second-order valence-electron chi connectivity index (χ2n) is 9.58. The second kappa shape index (κ2) is 5.24.